The van der Waals surface area contributed by atoms with Gasteiger partial charge < -0.3 is 9.47 Å². The van der Waals surface area contributed by atoms with Crippen molar-refractivity contribution in [3.8, 4) is 0 Å². The molecule has 0 saturated heterocycles. The molecule has 0 aliphatic carbocycles. The van der Waals surface area contributed by atoms with Crippen molar-refractivity contribution in [2.75, 3.05) is 13.2 Å². The summed E-state index contributed by atoms with van der Waals surface area (Å²) in [5.41, 5.74) is 9.68. The van der Waals surface area contributed by atoms with Gasteiger partial charge in [-0.3, -0.25) is 9.78 Å². The molecule has 43 heavy (non-hydrogen) atoms. The van der Waals surface area contributed by atoms with E-state index in [1.165, 1.54) is 0 Å². The van der Waals surface area contributed by atoms with Crippen LogP contribution >= 0.6 is 0 Å². The molecule has 0 aliphatic heterocycles. The quantitative estimate of drug-likeness (QED) is 0.107. The van der Waals surface area contributed by atoms with Gasteiger partial charge in [0.25, 0.3) is 0 Å². The highest BCUT2D eigenvalue weighted by atomic mass is 17.5. The molecule has 0 N–H and O–H groups in total. The Labute approximate surface area is 251 Å². The van der Waals surface area contributed by atoms with Gasteiger partial charge in [0.05, 0.1) is 34.4 Å². The number of hydrogen-bond acceptors (Lipinski definition) is 12. The lowest BCUT2D eigenvalue weighted by atomic mass is 9.90. The Morgan fingerprint density at radius 3 is 0.977 bits per heavy atom. The maximum absolute atomic E-state index is 12.4. The third kappa shape index (κ3) is 8.91. The summed E-state index contributed by atoms with van der Waals surface area (Å²) in [4.78, 5) is 66.1. The summed E-state index contributed by atoms with van der Waals surface area (Å²) in [5, 5.41) is 8.63. The molecule has 0 unspecified atom stereocenters. The Morgan fingerprint density at radius 1 is 0.395 bits per heavy atom. The minimum absolute atomic E-state index is 0.0228. The van der Waals surface area contributed by atoms with E-state index in [2.05, 4.69) is 29.6 Å². The zero-order valence-corrected chi connectivity index (χ0v) is 26.4. The van der Waals surface area contributed by atoms with Crippen LogP contribution < -0.4 is 0 Å². The molecule has 0 aliphatic rings. The van der Waals surface area contributed by atoms with E-state index in [4.69, 9.17) is 9.47 Å². The second kappa shape index (κ2) is 15.9. The van der Waals surface area contributed by atoms with E-state index in [-0.39, 0.29) is 13.2 Å². The number of ether oxygens (including phenoxy) is 2. The predicted octanol–water partition coefficient (Wildman–Crippen LogP) is 6.95. The van der Waals surface area contributed by atoms with Crippen LogP contribution in [0.15, 0.2) is 0 Å². The van der Waals surface area contributed by atoms with Crippen LogP contribution in [0.4, 0.5) is 9.59 Å². The standard InChI is InChI=1S/C31H40O12/c1-16-18(3)22(7)26(23(8)19(16)4)28(32)38-42-40-30(34)36-14-12-11-13-15-37-31(35)41-43-39-29(33)27-24(9)20(5)17(2)21(6)25(27)10/h11-15H2,1-10H3. The van der Waals surface area contributed by atoms with E-state index < -0.39 is 24.2 Å². The van der Waals surface area contributed by atoms with Crippen LogP contribution in [-0.4, -0.2) is 37.5 Å². The number of hydrogen-bond donors (Lipinski definition) is 0. The first-order valence-electron chi connectivity index (χ1n) is 13.8. The van der Waals surface area contributed by atoms with Crippen molar-refractivity contribution in [3.05, 3.63) is 66.8 Å². The summed E-state index contributed by atoms with van der Waals surface area (Å²) in [6.45, 7) is 18.7. The highest BCUT2D eigenvalue weighted by Gasteiger charge is 2.22. The van der Waals surface area contributed by atoms with Crippen LogP contribution in [0.5, 0.6) is 0 Å². The van der Waals surface area contributed by atoms with E-state index in [1.807, 2.05) is 41.5 Å². The molecule has 2 rings (SSSR count). The molecular weight excluding hydrogens is 564 g/mol. The number of rotatable bonds is 12. The van der Waals surface area contributed by atoms with Crippen molar-refractivity contribution >= 4 is 24.2 Å². The first kappa shape index (κ1) is 35.0. The molecule has 236 valence electrons. The summed E-state index contributed by atoms with van der Waals surface area (Å²) in [7, 11) is 0. The van der Waals surface area contributed by atoms with Gasteiger partial charge in [-0.25, -0.2) is 29.0 Å². The summed E-state index contributed by atoms with van der Waals surface area (Å²) < 4.78 is 9.66. The van der Waals surface area contributed by atoms with Gasteiger partial charge in [-0.15, -0.1) is 0 Å². The molecule has 0 bridgehead atoms. The molecule has 0 atom stereocenters. The molecule has 0 aromatic heterocycles. The van der Waals surface area contributed by atoms with Gasteiger partial charge in [0.2, 0.25) is 0 Å². The van der Waals surface area contributed by atoms with Gasteiger partial charge in [0.1, 0.15) is 0 Å². The minimum Gasteiger partial charge on any atom is -0.432 e. The van der Waals surface area contributed by atoms with E-state index >= 15 is 0 Å². The minimum atomic E-state index is -1.19. The molecule has 0 fully saturated rings. The lowest BCUT2D eigenvalue weighted by Crippen LogP contribution is -2.16. The first-order valence-corrected chi connectivity index (χ1v) is 13.8. The van der Waals surface area contributed by atoms with E-state index in [1.54, 1.807) is 27.7 Å². The Morgan fingerprint density at radius 2 is 0.674 bits per heavy atom. The van der Waals surface area contributed by atoms with Crippen LogP contribution in [0.3, 0.4) is 0 Å². The Bertz CT molecular complexity index is 1210. The largest absolute Gasteiger partial charge is 0.543 e. The molecule has 12 nitrogen and oxygen atoms in total. The second-order valence-corrected chi connectivity index (χ2v) is 10.3. The number of carbonyl (C=O) groups is 4. The van der Waals surface area contributed by atoms with Crippen molar-refractivity contribution in [2.45, 2.75) is 88.5 Å². The fraction of sp³-hybridized carbons (Fsp3) is 0.484. The molecular formula is C31H40O12. The monoisotopic (exact) mass is 604 g/mol. The van der Waals surface area contributed by atoms with Gasteiger partial charge >= 0.3 is 24.2 Å². The average Bonchev–Trinajstić information content (AvgIpc) is 2.96. The molecule has 0 saturated carbocycles. The molecule has 0 radical (unpaired) electrons. The zero-order valence-electron chi connectivity index (χ0n) is 26.4. The topological polar surface area (TPSA) is 142 Å². The molecule has 2 aromatic carbocycles. The van der Waals surface area contributed by atoms with Crippen LogP contribution in [0, 0.1) is 69.2 Å². The molecule has 0 spiro atoms. The van der Waals surface area contributed by atoms with Crippen molar-refractivity contribution in [1.82, 2.24) is 0 Å². The van der Waals surface area contributed by atoms with Crippen molar-refractivity contribution in [2.24, 2.45) is 0 Å². The average molecular weight is 605 g/mol. The third-order valence-corrected chi connectivity index (χ3v) is 8.06. The van der Waals surface area contributed by atoms with Gasteiger partial charge in [-0.1, -0.05) is 0 Å². The van der Waals surface area contributed by atoms with Crippen molar-refractivity contribution in [1.29, 1.82) is 0 Å². The summed E-state index contributed by atoms with van der Waals surface area (Å²) in [6, 6.07) is 0. The van der Waals surface area contributed by atoms with Crippen LogP contribution in [0.25, 0.3) is 0 Å². The molecule has 0 heterocycles. The first-order chi connectivity index (χ1) is 20.2. The third-order valence-electron chi connectivity index (χ3n) is 8.06. The normalized spacial score (nSPS) is 10.7. The van der Waals surface area contributed by atoms with Gasteiger partial charge in [0.15, 0.2) is 0 Å². The lowest BCUT2D eigenvalue weighted by Gasteiger charge is -2.16. The molecule has 2 aromatic rings. The maximum atomic E-state index is 12.4. The van der Waals surface area contributed by atoms with E-state index in [9.17, 15) is 19.2 Å². The van der Waals surface area contributed by atoms with Gasteiger partial charge in [0, 0.05) is 0 Å². The molecule has 12 heteroatoms. The summed E-state index contributed by atoms with van der Waals surface area (Å²) in [5.74, 6) is -1.59. The highest BCUT2D eigenvalue weighted by molar-refractivity contribution is 5.94. The van der Waals surface area contributed by atoms with Crippen molar-refractivity contribution in [3.63, 3.8) is 0 Å². The van der Waals surface area contributed by atoms with Gasteiger partial charge in [-0.2, -0.15) is 0 Å². The van der Waals surface area contributed by atoms with Crippen LogP contribution in [0.2, 0.25) is 0 Å². The smallest absolute Gasteiger partial charge is 0.432 e. The zero-order chi connectivity index (χ0) is 32.4. The lowest BCUT2D eigenvalue weighted by molar-refractivity contribution is -0.452. The van der Waals surface area contributed by atoms with Crippen LogP contribution in [0.1, 0.15) is 95.6 Å². The fourth-order valence-corrected chi connectivity index (χ4v) is 4.59. The number of benzene rings is 2. The Kier molecular flexibility index (Phi) is 13.0. The summed E-state index contributed by atoms with van der Waals surface area (Å²) >= 11 is 0. The van der Waals surface area contributed by atoms with Gasteiger partial charge in [-0.05, 0) is 144 Å². The predicted molar refractivity (Wildman–Crippen MR) is 152 cm³/mol. The number of carbonyl (C=O) groups excluding carboxylic acids is 4. The number of unbranched alkanes of at least 4 members (excludes halogenated alkanes) is 2. The molecule has 0 amide bonds. The highest BCUT2D eigenvalue weighted by Crippen LogP contribution is 2.28. The summed E-state index contributed by atoms with van der Waals surface area (Å²) in [6.07, 6.45) is -1.04. The van der Waals surface area contributed by atoms with Crippen LogP contribution in [-0.2, 0) is 39.1 Å². The maximum Gasteiger partial charge on any atom is 0.543 e. The fourth-order valence-electron chi connectivity index (χ4n) is 4.59. The van der Waals surface area contributed by atoms with Crippen molar-refractivity contribution < 1.29 is 58.3 Å². The Hall–Kier alpha value is -4.16. The van der Waals surface area contributed by atoms with E-state index in [0.29, 0.717) is 30.4 Å². The Balaban J connectivity index is 1.58. The second-order valence-electron chi connectivity index (χ2n) is 10.3. The van der Waals surface area contributed by atoms with E-state index in [0.717, 1.165) is 55.6 Å². The SMILES string of the molecule is Cc1c(C)c(C)c(C(=O)OOOC(=O)OCCCCCOC(=O)OOOC(=O)c2c(C)c(C)c(C)c(C)c2C)c(C)c1C.